The fraction of sp³-hybridized carbons (Fsp3) is 0.478. The van der Waals surface area contributed by atoms with Gasteiger partial charge in [0.15, 0.2) is 0 Å². The zero-order valence-electron chi connectivity index (χ0n) is 17.3. The first-order valence-corrected chi connectivity index (χ1v) is 10.4. The van der Waals surface area contributed by atoms with Crippen molar-refractivity contribution in [3.63, 3.8) is 0 Å². The van der Waals surface area contributed by atoms with Gasteiger partial charge in [0, 0.05) is 43.8 Å². The lowest BCUT2D eigenvalue weighted by Gasteiger charge is -2.32. The predicted octanol–water partition coefficient (Wildman–Crippen LogP) is 3.24. The fourth-order valence-electron chi connectivity index (χ4n) is 3.86. The average molecular weight is 399 g/mol. The summed E-state index contributed by atoms with van der Waals surface area (Å²) in [4.78, 5) is 27.6. The van der Waals surface area contributed by atoms with Gasteiger partial charge in [0.05, 0.1) is 13.0 Å². The van der Waals surface area contributed by atoms with Crippen molar-refractivity contribution in [1.29, 1.82) is 0 Å². The van der Waals surface area contributed by atoms with Crippen molar-refractivity contribution in [3.8, 4) is 5.75 Å². The van der Waals surface area contributed by atoms with Crippen LogP contribution in [0.25, 0.3) is 10.8 Å². The molecule has 0 bridgehead atoms. The van der Waals surface area contributed by atoms with Gasteiger partial charge in [0.1, 0.15) is 5.75 Å². The number of fused-ring (bicyclic) bond motifs is 1. The van der Waals surface area contributed by atoms with Gasteiger partial charge in [-0.1, -0.05) is 24.3 Å². The highest BCUT2D eigenvalue weighted by Gasteiger charge is 2.29. The molecule has 3 rings (SSSR count). The highest BCUT2D eigenvalue weighted by atomic mass is 16.5. The summed E-state index contributed by atoms with van der Waals surface area (Å²) < 4.78 is 10.7. The van der Waals surface area contributed by atoms with Gasteiger partial charge in [-0.3, -0.25) is 9.59 Å². The van der Waals surface area contributed by atoms with Gasteiger partial charge in [-0.25, -0.2) is 0 Å². The second kappa shape index (κ2) is 10.3. The maximum atomic E-state index is 13.3. The first kappa shape index (κ1) is 21.1. The van der Waals surface area contributed by atoms with Crippen LogP contribution in [0.2, 0.25) is 0 Å². The predicted molar refractivity (Wildman–Crippen MR) is 113 cm³/mol. The molecule has 6 heteroatoms. The van der Waals surface area contributed by atoms with E-state index in [1.165, 1.54) is 0 Å². The normalized spacial score (nSPS) is 16.6. The lowest BCUT2D eigenvalue weighted by atomic mass is 9.95. The van der Waals surface area contributed by atoms with Crippen LogP contribution in [0.3, 0.4) is 0 Å². The Labute approximate surface area is 172 Å². The lowest BCUT2D eigenvalue weighted by molar-refractivity contribution is -0.126. The maximum absolute atomic E-state index is 13.3. The Kier molecular flexibility index (Phi) is 7.47. The van der Waals surface area contributed by atoms with Crippen molar-refractivity contribution >= 4 is 22.6 Å². The number of nitrogens with zero attached hydrogens (tertiary/aromatic N) is 1. The molecule has 2 aromatic rings. The molecule has 0 saturated carbocycles. The van der Waals surface area contributed by atoms with Crippen LogP contribution in [0.5, 0.6) is 5.75 Å². The highest BCUT2D eigenvalue weighted by Crippen LogP contribution is 2.30. The number of carbonyl (C=O) groups is 2. The molecule has 1 saturated heterocycles. The summed E-state index contributed by atoms with van der Waals surface area (Å²) in [6.07, 6.45) is 2.44. The van der Waals surface area contributed by atoms with Crippen molar-refractivity contribution < 1.29 is 19.1 Å². The SMILES string of the molecule is CCOCCCNC(=O)[C@@H]1CCCN(C(=O)c2ccc(OC)c3ccccc23)C1. The number of rotatable bonds is 8. The smallest absolute Gasteiger partial charge is 0.254 e. The second-order valence-corrected chi connectivity index (χ2v) is 7.29. The number of benzene rings is 2. The van der Waals surface area contributed by atoms with Crippen LogP contribution < -0.4 is 10.1 Å². The Hall–Kier alpha value is -2.60. The minimum Gasteiger partial charge on any atom is -0.496 e. The van der Waals surface area contributed by atoms with Crippen LogP contribution >= 0.6 is 0 Å². The Morgan fingerprint density at radius 3 is 2.72 bits per heavy atom. The molecule has 0 radical (unpaired) electrons. The molecule has 1 N–H and O–H groups in total. The van der Waals surface area contributed by atoms with E-state index in [0.29, 0.717) is 38.4 Å². The largest absolute Gasteiger partial charge is 0.496 e. The van der Waals surface area contributed by atoms with Gasteiger partial charge in [0.2, 0.25) is 5.91 Å². The molecule has 1 heterocycles. The summed E-state index contributed by atoms with van der Waals surface area (Å²) in [6, 6.07) is 11.4. The van der Waals surface area contributed by atoms with E-state index in [1.807, 2.05) is 48.2 Å². The summed E-state index contributed by atoms with van der Waals surface area (Å²) in [5, 5.41) is 4.77. The van der Waals surface area contributed by atoms with Crippen molar-refractivity contribution in [2.24, 2.45) is 5.92 Å². The molecule has 2 aromatic carbocycles. The summed E-state index contributed by atoms with van der Waals surface area (Å²) >= 11 is 0. The van der Waals surface area contributed by atoms with Crippen LogP contribution in [-0.2, 0) is 9.53 Å². The highest BCUT2D eigenvalue weighted by molar-refractivity contribution is 6.08. The van der Waals surface area contributed by atoms with E-state index in [4.69, 9.17) is 9.47 Å². The third-order valence-corrected chi connectivity index (χ3v) is 5.38. The molecule has 2 amide bonds. The average Bonchev–Trinajstić information content (AvgIpc) is 2.77. The number of amides is 2. The van der Waals surface area contributed by atoms with Crippen LogP contribution in [0, 0.1) is 5.92 Å². The Morgan fingerprint density at radius 1 is 1.17 bits per heavy atom. The molecule has 1 aliphatic heterocycles. The zero-order chi connectivity index (χ0) is 20.6. The van der Waals surface area contributed by atoms with Crippen LogP contribution in [-0.4, -0.2) is 56.7 Å². The van der Waals surface area contributed by atoms with Crippen molar-refractivity contribution in [2.45, 2.75) is 26.2 Å². The van der Waals surface area contributed by atoms with Crippen molar-refractivity contribution in [3.05, 3.63) is 42.0 Å². The number of hydrogen-bond acceptors (Lipinski definition) is 4. The molecule has 0 spiro atoms. The Balaban J connectivity index is 1.67. The van der Waals surface area contributed by atoms with E-state index in [2.05, 4.69) is 5.32 Å². The van der Waals surface area contributed by atoms with Gasteiger partial charge in [-0.15, -0.1) is 0 Å². The van der Waals surface area contributed by atoms with Gasteiger partial charge in [-0.2, -0.15) is 0 Å². The third kappa shape index (κ3) is 5.07. The standard InChI is InChI=1S/C23H30N2O4/c1-3-29-15-7-13-24-22(26)17-8-6-14-25(16-17)23(27)20-11-12-21(28-2)19-10-5-4-9-18(19)20/h4-5,9-12,17H,3,6-8,13-16H2,1-2H3,(H,24,26)/t17-/m1/s1. The summed E-state index contributed by atoms with van der Waals surface area (Å²) in [5.41, 5.74) is 0.652. The fourth-order valence-corrected chi connectivity index (χ4v) is 3.86. The van der Waals surface area contributed by atoms with Gasteiger partial charge in [-0.05, 0) is 43.7 Å². The number of ether oxygens (including phenoxy) is 2. The van der Waals surface area contributed by atoms with Crippen molar-refractivity contribution in [1.82, 2.24) is 10.2 Å². The third-order valence-electron chi connectivity index (χ3n) is 5.38. The van der Waals surface area contributed by atoms with E-state index in [9.17, 15) is 9.59 Å². The Morgan fingerprint density at radius 2 is 1.97 bits per heavy atom. The summed E-state index contributed by atoms with van der Waals surface area (Å²) in [5.74, 6) is 0.584. The summed E-state index contributed by atoms with van der Waals surface area (Å²) in [6.45, 7) is 5.03. The number of piperidine rings is 1. The van der Waals surface area contributed by atoms with Gasteiger partial charge < -0.3 is 19.7 Å². The minimum atomic E-state index is -0.163. The number of methoxy groups -OCH3 is 1. The molecule has 0 aliphatic carbocycles. The van der Waals surface area contributed by atoms with E-state index in [1.54, 1.807) is 7.11 Å². The monoisotopic (exact) mass is 398 g/mol. The number of carbonyl (C=O) groups excluding carboxylic acids is 2. The van der Waals surface area contributed by atoms with Crippen molar-refractivity contribution in [2.75, 3.05) is 40.0 Å². The van der Waals surface area contributed by atoms with E-state index < -0.39 is 0 Å². The van der Waals surface area contributed by atoms with E-state index >= 15 is 0 Å². The number of nitrogens with one attached hydrogen (secondary N) is 1. The number of likely N-dealkylation sites (tertiary alicyclic amines) is 1. The molecule has 6 nitrogen and oxygen atoms in total. The van der Waals surface area contributed by atoms with E-state index in [0.717, 1.165) is 35.8 Å². The topological polar surface area (TPSA) is 67.9 Å². The van der Waals surface area contributed by atoms with Gasteiger partial charge >= 0.3 is 0 Å². The molecule has 0 aromatic heterocycles. The second-order valence-electron chi connectivity index (χ2n) is 7.29. The molecule has 156 valence electrons. The van der Waals surface area contributed by atoms with E-state index in [-0.39, 0.29) is 17.7 Å². The maximum Gasteiger partial charge on any atom is 0.254 e. The zero-order valence-corrected chi connectivity index (χ0v) is 17.3. The van der Waals surface area contributed by atoms with Crippen LogP contribution in [0.15, 0.2) is 36.4 Å². The van der Waals surface area contributed by atoms with Crippen LogP contribution in [0.1, 0.15) is 36.5 Å². The quantitative estimate of drug-likeness (QED) is 0.693. The van der Waals surface area contributed by atoms with Crippen LogP contribution in [0.4, 0.5) is 0 Å². The lowest BCUT2D eigenvalue weighted by Crippen LogP contribution is -2.45. The molecular weight excluding hydrogens is 368 g/mol. The molecule has 1 atom stereocenters. The molecule has 0 unspecified atom stereocenters. The molecule has 29 heavy (non-hydrogen) atoms. The molecule has 1 aliphatic rings. The minimum absolute atomic E-state index is 0.0265. The first-order valence-electron chi connectivity index (χ1n) is 10.4. The summed E-state index contributed by atoms with van der Waals surface area (Å²) in [7, 11) is 1.63. The number of hydrogen-bond donors (Lipinski definition) is 1. The first-order chi connectivity index (χ1) is 14.2. The molecule has 1 fully saturated rings. The Bertz CT molecular complexity index is 852. The molecular formula is C23H30N2O4. The van der Waals surface area contributed by atoms with Gasteiger partial charge in [0.25, 0.3) is 5.91 Å².